The molecule has 0 bridgehead atoms. The average Bonchev–Trinajstić information content (AvgIpc) is 2.40. The van der Waals surface area contributed by atoms with Crippen molar-refractivity contribution in [3.63, 3.8) is 0 Å². The summed E-state index contributed by atoms with van der Waals surface area (Å²) < 4.78 is 24.1. The standard InChI is InChI=1S/C12H9ClN2O5S/c13-7-1-4-12(20-21(18)19)10(5-7)15-14-9-3-2-8(16)6-11(9)17/h1-6,16-17H,(H,18,19). The maximum absolute atomic E-state index is 10.7. The van der Waals surface area contributed by atoms with Crippen molar-refractivity contribution >= 4 is 34.3 Å². The molecule has 0 spiro atoms. The molecule has 0 aliphatic heterocycles. The van der Waals surface area contributed by atoms with Gasteiger partial charge in [0.05, 0.1) is 0 Å². The number of rotatable bonds is 4. The van der Waals surface area contributed by atoms with Crippen molar-refractivity contribution in [1.82, 2.24) is 0 Å². The molecule has 0 saturated heterocycles. The van der Waals surface area contributed by atoms with Crippen molar-refractivity contribution in [2.24, 2.45) is 10.2 Å². The molecule has 110 valence electrons. The summed E-state index contributed by atoms with van der Waals surface area (Å²) in [5, 5.41) is 26.7. The number of halogens is 1. The van der Waals surface area contributed by atoms with E-state index in [4.69, 9.17) is 16.2 Å². The molecule has 0 fully saturated rings. The first kappa shape index (κ1) is 15.2. The van der Waals surface area contributed by atoms with Crippen LogP contribution < -0.4 is 4.18 Å². The molecule has 3 N–H and O–H groups in total. The molecule has 21 heavy (non-hydrogen) atoms. The fourth-order valence-electron chi connectivity index (χ4n) is 1.42. The van der Waals surface area contributed by atoms with E-state index in [9.17, 15) is 14.4 Å². The number of azo groups is 1. The highest BCUT2D eigenvalue weighted by atomic mass is 35.5. The molecule has 0 aliphatic rings. The molecule has 0 saturated carbocycles. The summed E-state index contributed by atoms with van der Waals surface area (Å²) in [6.07, 6.45) is 0. The minimum absolute atomic E-state index is 0.00208. The van der Waals surface area contributed by atoms with E-state index in [-0.39, 0.29) is 28.6 Å². The van der Waals surface area contributed by atoms with E-state index in [0.717, 1.165) is 6.07 Å². The van der Waals surface area contributed by atoms with Crippen molar-refractivity contribution in [2.45, 2.75) is 0 Å². The molecule has 0 aromatic heterocycles. The molecule has 7 nitrogen and oxygen atoms in total. The maximum atomic E-state index is 10.7. The van der Waals surface area contributed by atoms with Gasteiger partial charge in [0.2, 0.25) is 0 Å². The molecule has 0 heterocycles. The van der Waals surface area contributed by atoms with Gasteiger partial charge in [-0.2, -0.15) is 4.21 Å². The second-order valence-electron chi connectivity index (χ2n) is 3.79. The van der Waals surface area contributed by atoms with Gasteiger partial charge in [-0.05, 0) is 30.3 Å². The van der Waals surface area contributed by atoms with E-state index in [1.807, 2.05) is 0 Å². The fraction of sp³-hybridized carbons (Fsp3) is 0. The number of nitrogens with zero attached hydrogens (tertiary/aromatic N) is 2. The zero-order valence-electron chi connectivity index (χ0n) is 10.3. The number of phenols is 2. The third-order valence-corrected chi connectivity index (χ3v) is 2.86. The van der Waals surface area contributed by atoms with Gasteiger partial charge in [0.1, 0.15) is 22.9 Å². The van der Waals surface area contributed by atoms with Gasteiger partial charge in [-0.1, -0.05) is 11.6 Å². The monoisotopic (exact) mass is 328 g/mol. The van der Waals surface area contributed by atoms with E-state index in [1.165, 1.54) is 30.3 Å². The summed E-state index contributed by atoms with van der Waals surface area (Å²) in [6.45, 7) is 0. The van der Waals surface area contributed by atoms with Crippen LogP contribution in [0, 0.1) is 0 Å². The molecule has 0 aliphatic carbocycles. The zero-order valence-corrected chi connectivity index (χ0v) is 11.9. The van der Waals surface area contributed by atoms with Crippen LogP contribution in [-0.4, -0.2) is 19.0 Å². The van der Waals surface area contributed by atoms with Crippen LogP contribution in [0.1, 0.15) is 0 Å². The highest BCUT2D eigenvalue weighted by Gasteiger charge is 2.08. The maximum Gasteiger partial charge on any atom is 0.357 e. The van der Waals surface area contributed by atoms with Crippen LogP contribution in [0.15, 0.2) is 46.6 Å². The Balaban J connectivity index is 2.35. The quantitative estimate of drug-likeness (QED) is 0.585. The number of hydrogen-bond acceptors (Lipinski definition) is 6. The summed E-state index contributed by atoms with van der Waals surface area (Å²) in [4.78, 5) is 0. The van der Waals surface area contributed by atoms with Crippen molar-refractivity contribution in [1.29, 1.82) is 0 Å². The molecule has 1 unspecified atom stereocenters. The van der Waals surface area contributed by atoms with E-state index in [0.29, 0.717) is 5.02 Å². The number of hydrogen-bond donors (Lipinski definition) is 3. The van der Waals surface area contributed by atoms with E-state index < -0.39 is 11.4 Å². The summed E-state index contributed by atoms with van der Waals surface area (Å²) in [6, 6.07) is 7.98. The number of benzene rings is 2. The SMILES string of the molecule is O=S(O)Oc1ccc(Cl)cc1N=Nc1ccc(O)cc1O. The first-order chi connectivity index (χ1) is 9.95. The van der Waals surface area contributed by atoms with E-state index in [2.05, 4.69) is 14.4 Å². The first-order valence-electron chi connectivity index (χ1n) is 5.48. The Hall–Kier alpha value is -2.16. The second kappa shape index (κ2) is 6.53. The van der Waals surface area contributed by atoms with Crippen LogP contribution in [0.5, 0.6) is 17.2 Å². The molecular formula is C12H9ClN2O5S. The van der Waals surface area contributed by atoms with Crippen molar-refractivity contribution in [3.05, 3.63) is 41.4 Å². The molecule has 9 heteroatoms. The number of phenolic OH excluding ortho intramolecular Hbond substituents is 2. The van der Waals surface area contributed by atoms with E-state index >= 15 is 0 Å². The third kappa shape index (κ3) is 4.15. The van der Waals surface area contributed by atoms with Crippen molar-refractivity contribution in [2.75, 3.05) is 0 Å². The van der Waals surface area contributed by atoms with Gasteiger partial charge in [-0.3, -0.25) is 4.55 Å². The van der Waals surface area contributed by atoms with Crippen LogP contribution in [-0.2, 0) is 11.4 Å². The largest absolute Gasteiger partial charge is 0.508 e. The average molecular weight is 329 g/mol. The van der Waals surface area contributed by atoms with Crippen LogP contribution >= 0.6 is 11.6 Å². The summed E-state index contributed by atoms with van der Waals surface area (Å²) >= 11 is 3.29. The third-order valence-electron chi connectivity index (χ3n) is 2.31. The molecular weight excluding hydrogens is 320 g/mol. The Morgan fingerprint density at radius 2 is 1.76 bits per heavy atom. The lowest BCUT2D eigenvalue weighted by atomic mass is 10.3. The Labute approximate surface area is 127 Å². The molecule has 1 atom stereocenters. The van der Waals surface area contributed by atoms with Gasteiger partial charge in [-0.25, -0.2) is 0 Å². The number of aromatic hydroxyl groups is 2. The molecule has 2 rings (SSSR count). The lowest BCUT2D eigenvalue weighted by molar-refractivity contribution is 0.450. The Morgan fingerprint density at radius 1 is 1.05 bits per heavy atom. The van der Waals surface area contributed by atoms with Gasteiger partial charge < -0.3 is 14.4 Å². The predicted molar refractivity (Wildman–Crippen MR) is 76.8 cm³/mol. The van der Waals surface area contributed by atoms with Crippen LogP contribution in [0.25, 0.3) is 0 Å². The second-order valence-corrected chi connectivity index (χ2v) is 4.82. The Kier molecular flexibility index (Phi) is 4.73. The minimum atomic E-state index is -2.52. The molecule has 0 radical (unpaired) electrons. The van der Waals surface area contributed by atoms with Gasteiger partial charge in [0, 0.05) is 11.1 Å². The normalized spacial score (nSPS) is 12.5. The van der Waals surface area contributed by atoms with Gasteiger partial charge in [-0.15, -0.1) is 10.2 Å². The highest BCUT2D eigenvalue weighted by molar-refractivity contribution is 7.74. The summed E-state index contributed by atoms with van der Waals surface area (Å²) in [7, 11) is 0. The molecule has 2 aromatic carbocycles. The Bertz CT molecular complexity index is 723. The van der Waals surface area contributed by atoms with Crippen LogP contribution in [0.3, 0.4) is 0 Å². The van der Waals surface area contributed by atoms with Gasteiger partial charge >= 0.3 is 11.4 Å². The molecule has 2 aromatic rings. The smallest absolute Gasteiger partial charge is 0.357 e. The topological polar surface area (TPSA) is 112 Å². The Morgan fingerprint density at radius 3 is 2.43 bits per heavy atom. The zero-order chi connectivity index (χ0) is 15.4. The van der Waals surface area contributed by atoms with E-state index in [1.54, 1.807) is 0 Å². The summed E-state index contributed by atoms with van der Waals surface area (Å²) in [5.41, 5.74) is 0.209. The summed E-state index contributed by atoms with van der Waals surface area (Å²) in [5.74, 6) is -0.384. The van der Waals surface area contributed by atoms with Crippen molar-refractivity contribution < 1.29 is 23.2 Å². The highest BCUT2D eigenvalue weighted by Crippen LogP contribution is 2.35. The first-order valence-corrected chi connectivity index (χ1v) is 6.89. The molecule has 0 amide bonds. The van der Waals surface area contributed by atoms with Crippen LogP contribution in [0.4, 0.5) is 11.4 Å². The van der Waals surface area contributed by atoms with Crippen molar-refractivity contribution in [3.8, 4) is 17.2 Å². The lowest BCUT2D eigenvalue weighted by Gasteiger charge is -2.04. The predicted octanol–water partition coefficient (Wildman–Crippen LogP) is 3.68. The lowest BCUT2D eigenvalue weighted by Crippen LogP contribution is -1.97. The minimum Gasteiger partial charge on any atom is -0.508 e. The van der Waals surface area contributed by atoms with Gasteiger partial charge in [0.15, 0.2) is 5.75 Å². The van der Waals surface area contributed by atoms with Crippen LogP contribution in [0.2, 0.25) is 5.02 Å². The van der Waals surface area contributed by atoms with Gasteiger partial charge in [0.25, 0.3) is 0 Å². The fourth-order valence-corrected chi connectivity index (χ4v) is 1.88.